The van der Waals surface area contributed by atoms with Gasteiger partial charge < -0.3 is 15.7 Å². The molecule has 4 nitrogen and oxygen atoms in total. The summed E-state index contributed by atoms with van der Waals surface area (Å²) in [5.74, 6) is 1.49. The summed E-state index contributed by atoms with van der Waals surface area (Å²) in [7, 11) is 0. The first kappa shape index (κ1) is 10.8. The smallest absolute Gasteiger partial charge is 0.151 e. The minimum absolute atomic E-state index is 0.101. The van der Waals surface area contributed by atoms with E-state index in [1.165, 1.54) is 12.8 Å². The summed E-state index contributed by atoms with van der Waals surface area (Å²) in [5, 5.41) is 9.68. The molecule has 1 aliphatic carbocycles. The number of pyridine rings is 1. The second kappa shape index (κ2) is 3.88. The SMILES string of the molecule is Nc1cccnc1N1C[C@@H]2CCC[C@]2(CO)C1. The lowest BCUT2D eigenvalue weighted by Gasteiger charge is -2.26. The van der Waals surface area contributed by atoms with Gasteiger partial charge in [0.1, 0.15) is 0 Å². The summed E-state index contributed by atoms with van der Waals surface area (Å²) in [6, 6.07) is 3.75. The van der Waals surface area contributed by atoms with Gasteiger partial charge in [0, 0.05) is 24.7 Å². The minimum Gasteiger partial charge on any atom is -0.396 e. The Morgan fingerprint density at radius 3 is 3.18 bits per heavy atom. The number of nitrogens with two attached hydrogens (primary N) is 1. The molecule has 0 radical (unpaired) electrons. The molecule has 2 heterocycles. The summed E-state index contributed by atoms with van der Waals surface area (Å²) in [6.07, 6.45) is 5.39. The number of aliphatic hydroxyl groups excluding tert-OH is 1. The molecule has 4 heteroatoms. The summed E-state index contributed by atoms with van der Waals surface area (Å²) in [4.78, 5) is 6.62. The predicted octanol–water partition coefficient (Wildman–Crippen LogP) is 1.26. The lowest BCUT2D eigenvalue weighted by atomic mass is 9.82. The monoisotopic (exact) mass is 233 g/mol. The molecule has 1 aromatic heterocycles. The molecule has 2 fully saturated rings. The lowest BCUT2D eigenvalue weighted by Crippen LogP contribution is -2.31. The van der Waals surface area contributed by atoms with Crippen LogP contribution in [0.3, 0.4) is 0 Å². The van der Waals surface area contributed by atoms with Gasteiger partial charge in [0.05, 0.1) is 12.3 Å². The standard InChI is InChI=1S/C13H19N3O/c14-11-4-2-6-15-12(11)16-7-10-3-1-5-13(10,8-16)9-17/h2,4,6,10,17H,1,3,5,7-9,14H2/t10-,13+/m0/s1. The van der Waals surface area contributed by atoms with Crippen molar-refractivity contribution in [3.63, 3.8) is 0 Å². The molecule has 0 aromatic carbocycles. The van der Waals surface area contributed by atoms with Crippen LogP contribution in [-0.4, -0.2) is 29.8 Å². The van der Waals surface area contributed by atoms with Crippen molar-refractivity contribution >= 4 is 11.5 Å². The van der Waals surface area contributed by atoms with E-state index in [-0.39, 0.29) is 5.41 Å². The zero-order valence-electron chi connectivity index (χ0n) is 9.97. The molecular formula is C13H19N3O. The quantitative estimate of drug-likeness (QED) is 0.807. The molecule has 2 atom stereocenters. The third-order valence-electron chi connectivity index (χ3n) is 4.47. The second-order valence-electron chi connectivity index (χ2n) is 5.41. The van der Waals surface area contributed by atoms with Crippen LogP contribution in [0, 0.1) is 11.3 Å². The van der Waals surface area contributed by atoms with Crippen molar-refractivity contribution in [1.82, 2.24) is 4.98 Å². The van der Waals surface area contributed by atoms with Gasteiger partial charge in [0.2, 0.25) is 0 Å². The molecule has 2 aliphatic rings. The van der Waals surface area contributed by atoms with Gasteiger partial charge in [-0.15, -0.1) is 0 Å². The van der Waals surface area contributed by atoms with Crippen molar-refractivity contribution in [2.24, 2.45) is 11.3 Å². The van der Waals surface area contributed by atoms with E-state index in [0.717, 1.165) is 31.0 Å². The van der Waals surface area contributed by atoms with E-state index in [0.29, 0.717) is 12.5 Å². The fourth-order valence-electron chi connectivity index (χ4n) is 3.51. The zero-order valence-corrected chi connectivity index (χ0v) is 9.97. The van der Waals surface area contributed by atoms with Gasteiger partial charge in [0.25, 0.3) is 0 Å². The van der Waals surface area contributed by atoms with Crippen LogP contribution in [0.1, 0.15) is 19.3 Å². The van der Waals surface area contributed by atoms with E-state index in [4.69, 9.17) is 5.73 Å². The molecular weight excluding hydrogens is 214 g/mol. The number of fused-ring (bicyclic) bond motifs is 1. The first-order valence-electron chi connectivity index (χ1n) is 6.31. The highest BCUT2D eigenvalue weighted by Crippen LogP contribution is 2.49. The van der Waals surface area contributed by atoms with Crippen molar-refractivity contribution in [3.8, 4) is 0 Å². The number of rotatable bonds is 2. The third kappa shape index (κ3) is 1.59. The Hall–Kier alpha value is -1.29. The van der Waals surface area contributed by atoms with Crippen LogP contribution >= 0.6 is 0 Å². The minimum atomic E-state index is 0.101. The number of nitrogens with zero attached hydrogens (tertiary/aromatic N) is 2. The van der Waals surface area contributed by atoms with Crippen LogP contribution in [0.2, 0.25) is 0 Å². The molecule has 1 saturated heterocycles. The predicted molar refractivity (Wildman–Crippen MR) is 67.7 cm³/mol. The molecule has 1 saturated carbocycles. The third-order valence-corrected chi connectivity index (χ3v) is 4.47. The summed E-state index contributed by atoms with van der Waals surface area (Å²) < 4.78 is 0. The number of hydrogen-bond donors (Lipinski definition) is 2. The normalized spacial score (nSPS) is 31.8. The molecule has 0 unspecified atom stereocenters. The van der Waals surface area contributed by atoms with Crippen molar-refractivity contribution < 1.29 is 5.11 Å². The van der Waals surface area contributed by atoms with Crippen LogP contribution in [0.25, 0.3) is 0 Å². The van der Waals surface area contributed by atoms with E-state index in [1.54, 1.807) is 6.20 Å². The van der Waals surface area contributed by atoms with Gasteiger partial charge in [-0.05, 0) is 30.9 Å². The Balaban J connectivity index is 1.87. The highest BCUT2D eigenvalue weighted by molar-refractivity contribution is 5.63. The van der Waals surface area contributed by atoms with Crippen LogP contribution < -0.4 is 10.6 Å². The molecule has 92 valence electrons. The van der Waals surface area contributed by atoms with Gasteiger partial charge in [-0.2, -0.15) is 0 Å². The Labute approximate surface area is 101 Å². The van der Waals surface area contributed by atoms with E-state index >= 15 is 0 Å². The maximum absolute atomic E-state index is 9.68. The van der Waals surface area contributed by atoms with Crippen LogP contribution in [0.15, 0.2) is 18.3 Å². The Bertz CT molecular complexity index is 423. The van der Waals surface area contributed by atoms with Crippen LogP contribution in [0.4, 0.5) is 11.5 Å². The number of hydrogen-bond acceptors (Lipinski definition) is 4. The van der Waals surface area contributed by atoms with E-state index in [1.807, 2.05) is 12.1 Å². The number of aromatic nitrogens is 1. The van der Waals surface area contributed by atoms with Crippen molar-refractivity contribution in [3.05, 3.63) is 18.3 Å². The molecule has 0 bridgehead atoms. The topological polar surface area (TPSA) is 62.4 Å². The first-order chi connectivity index (χ1) is 8.25. The highest BCUT2D eigenvalue weighted by Gasteiger charge is 2.49. The Kier molecular flexibility index (Phi) is 2.47. The van der Waals surface area contributed by atoms with Gasteiger partial charge in [0.15, 0.2) is 5.82 Å². The van der Waals surface area contributed by atoms with Gasteiger partial charge in [-0.3, -0.25) is 0 Å². The summed E-state index contributed by atoms with van der Waals surface area (Å²) in [5.41, 5.74) is 6.81. The van der Waals surface area contributed by atoms with Crippen molar-refractivity contribution in [1.29, 1.82) is 0 Å². The van der Waals surface area contributed by atoms with Crippen molar-refractivity contribution in [2.45, 2.75) is 19.3 Å². The van der Waals surface area contributed by atoms with Gasteiger partial charge in [-0.25, -0.2) is 4.98 Å². The molecule has 0 amide bonds. The summed E-state index contributed by atoms with van der Waals surface area (Å²) in [6.45, 7) is 2.18. The number of anilines is 2. The molecule has 3 rings (SSSR count). The molecule has 3 N–H and O–H groups in total. The van der Waals surface area contributed by atoms with E-state index in [2.05, 4.69) is 9.88 Å². The van der Waals surface area contributed by atoms with E-state index in [9.17, 15) is 5.11 Å². The maximum Gasteiger partial charge on any atom is 0.151 e. The number of aliphatic hydroxyl groups is 1. The zero-order chi connectivity index (χ0) is 11.9. The average molecular weight is 233 g/mol. The van der Waals surface area contributed by atoms with Gasteiger partial charge >= 0.3 is 0 Å². The van der Waals surface area contributed by atoms with Crippen LogP contribution in [0.5, 0.6) is 0 Å². The molecule has 17 heavy (non-hydrogen) atoms. The highest BCUT2D eigenvalue weighted by atomic mass is 16.3. The van der Waals surface area contributed by atoms with Gasteiger partial charge in [-0.1, -0.05) is 6.42 Å². The second-order valence-corrected chi connectivity index (χ2v) is 5.41. The molecule has 1 aliphatic heterocycles. The first-order valence-corrected chi connectivity index (χ1v) is 6.31. The average Bonchev–Trinajstić information content (AvgIpc) is 2.86. The van der Waals surface area contributed by atoms with Crippen LogP contribution in [-0.2, 0) is 0 Å². The Morgan fingerprint density at radius 1 is 1.59 bits per heavy atom. The largest absolute Gasteiger partial charge is 0.396 e. The lowest BCUT2D eigenvalue weighted by molar-refractivity contribution is 0.121. The summed E-state index contributed by atoms with van der Waals surface area (Å²) >= 11 is 0. The molecule has 0 spiro atoms. The van der Waals surface area contributed by atoms with Crippen molar-refractivity contribution in [2.75, 3.05) is 30.3 Å². The molecule has 1 aromatic rings. The van der Waals surface area contributed by atoms with E-state index < -0.39 is 0 Å². The number of nitrogen functional groups attached to an aromatic ring is 1. The maximum atomic E-state index is 9.68. The fraction of sp³-hybridized carbons (Fsp3) is 0.615. The fourth-order valence-corrected chi connectivity index (χ4v) is 3.51. The Morgan fingerprint density at radius 2 is 2.47 bits per heavy atom.